The smallest absolute Gasteiger partial charge is 0.243 e. The largest absolute Gasteiger partial charge is 0.295 e. The maximum absolute atomic E-state index is 12.9. The first kappa shape index (κ1) is 15.0. The fourth-order valence-electron chi connectivity index (χ4n) is 3.28. The normalized spacial score (nSPS) is 32.3. The summed E-state index contributed by atoms with van der Waals surface area (Å²) in [5.41, 5.74) is 3.72. The average Bonchev–Trinajstić information content (AvgIpc) is 2.90. The van der Waals surface area contributed by atoms with Gasteiger partial charge in [-0.15, -0.1) is 0 Å². The van der Waals surface area contributed by atoms with E-state index in [9.17, 15) is 8.42 Å². The van der Waals surface area contributed by atoms with Crippen LogP contribution in [0.1, 0.15) is 26.3 Å². The molecule has 2 aliphatic heterocycles. The van der Waals surface area contributed by atoms with Gasteiger partial charge in [-0.25, -0.2) is 8.42 Å². The van der Waals surface area contributed by atoms with Crippen LogP contribution >= 0.6 is 0 Å². The zero-order valence-corrected chi connectivity index (χ0v) is 13.6. The Morgan fingerprint density at radius 3 is 2.48 bits per heavy atom. The van der Waals surface area contributed by atoms with Gasteiger partial charge in [-0.05, 0) is 39.8 Å². The molecule has 3 rings (SSSR count). The first-order chi connectivity index (χ1) is 9.73. The van der Waals surface area contributed by atoms with Crippen molar-refractivity contribution < 1.29 is 13.3 Å². The molecule has 6 heteroatoms. The average molecular weight is 310 g/mol. The number of nitrogens with zero attached hydrogens (tertiary/aromatic N) is 1. The third kappa shape index (κ3) is 2.30. The molecule has 2 fully saturated rings. The standard InChI is InChI=1S/C15H22N2O3S/c1-10-5-7-12(8-6-10)21(18,19)17-9-13-14(11(17)2)16-20-15(13,3)4/h5-8,11,13-14,16H,9H2,1-4H3/t11-,13-,14+/m0/s1. The molecule has 0 aromatic heterocycles. The van der Waals surface area contributed by atoms with Crippen LogP contribution in [0.4, 0.5) is 0 Å². The zero-order valence-electron chi connectivity index (χ0n) is 12.8. The molecule has 2 heterocycles. The van der Waals surface area contributed by atoms with E-state index in [2.05, 4.69) is 5.48 Å². The summed E-state index contributed by atoms with van der Waals surface area (Å²) in [6, 6.07) is 6.95. The lowest BCUT2D eigenvalue weighted by Crippen LogP contribution is -2.42. The SMILES string of the molecule is Cc1ccc(S(=O)(=O)N2C[C@H]3[C@H](NOC3(C)C)[C@@H]2C)cc1. The lowest BCUT2D eigenvalue weighted by molar-refractivity contribution is -0.0520. The van der Waals surface area contributed by atoms with Crippen LogP contribution in [0.2, 0.25) is 0 Å². The first-order valence-corrected chi connectivity index (χ1v) is 8.69. The fraction of sp³-hybridized carbons (Fsp3) is 0.600. The van der Waals surface area contributed by atoms with Gasteiger partial charge in [-0.2, -0.15) is 9.79 Å². The molecule has 0 unspecified atom stereocenters. The second kappa shape index (κ2) is 4.78. The highest BCUT2D eigenvalue weighted by Crippen LogP contribution is 2.40. The van der Waals surface area contributed by atoms with E-state index in [1.807, 2.05) is 39.8 Å². The molecular weight excluding hydrogens is 288 g/mol. The summed E-state index contributed by atoms with van der Waals surface area (Å²) >= 11 is 0. The third-order valence-electron chi connectivity index (χ3n) is 4.76. The molecule has 1 aromatic carbocycles. The minimum Gasteiger partial charge on any atom is -0.295 e. The van der Waals surface area contributed by atoms with Crippen molar-refractivity contribution in [2.24, 2.45) is 5.92 Å². The zero-order chi connectivity index (χ0) is 15.4. The van der Waals surface area contributed by atoms with Gasteiger partial charge in [0.25, 0.3) is 0 Å². The lowest BCUT2D eigenvalue weighted by Gasteiger charge is -2.26. The van der Waals surface area contributed by atoms with E-state index >= 15 is 0 Å². The number of fused-ring (bicyclic) bond motifs is 1. The minimum atomic E-state index is -3.46. The molecule has 0 saturated carbocycles. The molecule has 0 bridgehead atoms. The number of rotatable bonds is 2. The van der Waals surface area contributed by atoms with E-state index in [0.717, 1.165) is 5.56 Å². The van der Waals surface area contributed by atoms with Crippen molar-refractivity contribution in [3.05, 3.63) is 29.8 Å². The monoisotopic (exact) mass is 310 g/mol. The number of hydroxylamine groups is 1. The highest BCUT2D eigenvalue weighted by Gasteiger charge is 2.55. The van der Waals surface area contributed by atoms with Crippen molar-refractivity contribution in [2.45, 2.75) is 50.3 Å². The van der Waals surface area contributed by atoms with E-state index in [1.165, 1.54) is 0 Å². The maximum Gasteiger partial charge on any atom is 0.243 e. The summed E-state index contributed by atoms with van der Waals surface area (Å²) < 4.78 is 27.3. The Labute approximate surface area is 126 Å². The van der Waals surface area contributed by atoms with Gasteiger partial charge in [-0.1, -0.05) is 17.7 Å². The minimum absolute atomic E-state index is 0.0419. The molecule has 3 atom stereocenters. The van der Waals surface area contributed by atoms with Crippen molar-refractivity contribution in [3.63, 3.8) is 0 Å². The predicted octanol–water partition coefficient (Wildman–Crippen LogP) is 1.69. The molecule has 1 aromatic rings. The molecule has 116 valence electrons. The molecule has 0 amide bonds. The molecule has 0 spiro atoms. The second-order valence-electron chi connectivity index (χ2n) is 6.58. The van der Waals surface area contributed by atoms with Crippen LogP contribution < -0.4 is 5.48 Å². The van der Waals surface area contributed by atoms with Gasteiger partial charge in [0.2, 0.25) is 10.0 Å². The van der Waals surface area contributed by atoms with Gasteiger partial charge in [0.05, 0.1) is 16.5 Å². The number of sulfonamides is 1. The van der Waals surface area contributed by atoms with Crippen molar-refractivity contribution in [3.8, 4) is 0 Å². The summed E-state index contributed by atoms with van der Waals surface area (Å²) in [6.07, 6.45) is 0. The highest BCUT2D eigenvalue weighted by molar-refractivity contribution is 7.89. The number of nitrogens with one attached hydrogen (secondary N) is 1. The summed E-state index contributed by atoms with van der Waals surface area (Å²) in [5, 5.41) is 0. The summed E-state index contributed by atoms with van der Waals surface area (Å²) in [6.45, 7) is 8.37. The molecular formula is C15H22N2O3S. The topological polar surface area (TPSA) is 58.6 Å². The van der Waals surface area contributed by atoms with Gasteiger partial charge in [0.1, 0.15) is 0 Å². The van der Waals surface area contributed by atoms with Crippen LogP contribution in [0, 0.1) is 12.8 Å². The number of aryl methyl sites for hydroxylation is 1. The molecule has 2 aliphatic rings. The summed E-state index contributed by atoms with van der Waals surface area (Å²) in [7, 11) is -3.46. The second-order valence-corrected chi connectivity index (χ2v) is 8.47. The lowest BCUT2D eigenvalue weighted by atomic mass is 9.87. The van der Waals surface area contributed by atoms with Gasteiger partial charge in [-0.3, -0.25) is 4.84 Å². The van der Waals surface area contributed by atoms with Crippen molar-refractivity contribution in [1.29, 1.82) is 0 Å². The summed E-state index contributed by atoms with van der Waals surface area (Å²) in [4.78, 5) is 5.95. The Balaban J connectivity index is 1.92. The van der Waals surface area contributed by atoms with E-state index < -0.39 is 10.0 Å². The molecule has 0 radical (unpaired) electrons. The van der Waals surface area contributed by atoms with Gasteiger partial charge in [0, 0.05) is 18.5 Å². The van der Waals surface area contributed by atoms with Gasteiger partial charge < -0.3 is 0 Å². The van der Waals surface area contributed by atoms with Gasteiger partial charge in [0.15, 0.2) is 0 Å². The van der Waals surface area contributed by atoms with Crippen LogP contribution in [0.5, 0.6) is 0 Å². The Hall–Kier alpha value is -0.950. The molecule has 21 heavy (non-hydrogen) atoms. The highest BCUT2D eigenvalue weighted by atomic mass is 32.2. The first-order valence-electron chi connectivity index (χ1n) is 7.25. The van der Waals surface area contributed by atoms with Crippen LogP contribution in [0.3, 0.4) is 0 Å². The molecule has 5 nitrogen and oxygen atoms in total. The number of hydrogen-bond acceptors (Lipinski definition) is 4. The van der Waals surface area contributed by atoms with Crippen molar-refractivity contribution in [1.82, 2.24) is 9.79 Å². The Morgan fingerprint density at radius 2 is 1.90 bits per heavy atom. The van der Waals surface area contributed by atoms with Crippen LogP contribution in [0.25, 0.3) is 0 Å². The van der Waals surface area contributed by atoms with E-state index in [-0.39, 0.29) is 23.6 Å². The van der Waals surface area contributed by atoms with E-state index in [0.29, 0.717) is 11.4 Å². The Kier molecular flexibility index (Phi) is 3.40. The third-order valence-corrected chi connectivity index (χ3v) is 6.73. The van der Waals surface area contributed by atoms with Crippen LogP contribution in [0.15, 0.2) is 29.2 Å². The Morgan fingerprint density at radius 1 is 1.29 bits per heavy atom. The molecule has 0 aliphatic carbocycles. The fourth-order valence-corrected chi connectivity index (χ4v) is 4.96. The van der Waals surface area contributed by atoms with E-state index in [1.54, 1.807) is 16.4 Å². The predicted molar refractivity (Wildman–Crippen MR) is 80.1 cm³/mol. The molecule has 1 N–H and O–H groups in total. The molecule has 2 saturated heterocycles. The maximum atomic E-state index is 12.9. The van der Waals surface area contributed by atoms with Crippen LogP contribution in [-0.2, 0) is 14.9 Å². The van der Waals surface area contributed by atoms with Crippen molar-refractivity contribution >= 4 is 10.0 Å². The van der Waals surface area contributed by atoms with Gasteiger partial charge >= 0.3 is 0 Å². The van der Waals surface area contributed by atoms with Crippen molar-refractivity contribution in [2.75, 3.05) is 6.54 Å². The van der Waals surface area contributed by atoms with Crippen LogP contribution in [-0.4, -0.2) is 37.0 Å². The number of benzene rings is 1. The van der Waals surface area contributed by atoms with E-state index in [4.69, 9.17) is 4.84 Å². The number of hydrogen-bond donors (Lipinski definition) is 1. The Bertz CT molecular complexity index is 639. The summed E-state index contributed by atoms with van der Waals surface area (Å²) in [5.74, 6) is 0.160. The quantitative estimate of drug-likeness (QED) is 0.903.